The van der Waals surface area contributed by atoms with Crippen molar-refractivity contribution >= 4 is 29.3 Å². The number of rotatable bonds is 5. The van der Waals surface area contributed by atoms with Gasteiger partial charge in [0.25, 0.3) is 0 Å². The maximum atomic E-state index is 10.7. The van der Waals surface area contributed by atoms with E-state index in [0.717, 1.165) is 0 Å². The molecule has 1 rings (SSSR count). The summed E-state index contributed by atoms with van der Waals surface area (Å²) in [6.45, 7) is 1.75. The van der Waals surface area contributed by atoms with Gasteiger partial charge in [0.1, 0.15) is 6.61 Å². The van der Waals surface area contributed by atoms with Crippen LogP contribution in [-0.2, 0) is 4.74 Å². The third-order valence-electron chi connectivity index (χ3n) is 2.66. The fourth-order valence-electron chi connectivity index (χ4n) is 1.71. The van der Waals surface area contributed by atoms with E-state index in [4.69, 9.17) is 33.7 Å². The van der Waals surface area contributed by atoms with Crippen LogP contribution in [0.1, 0.15) is 24.8 Å². The van der Waals surface area contributed by atoms with Crippen LogP contribution in [0.25, 0.3) is 0 Å². The van der Waals surface area contributed by atoms with Crippen molar-refractivity contribution in [2.24, 2.45) is 5.73 Å². The second-order valence-corrected chi connectivity index (χ2v) is 4.66. The Kier molecular flexibility index (Phi) is 5.72. The van der Waals surface area contributed by atoms with Crippen LogP contribution in [0.3, 0.4) is 0 Å². The molecule has 0 aliphatic heterocycles. The van der Waals surface area contributed by atoms with Crippen LogP contribution < -0.4 is 5.73 Å². The summed E-state index contributed by atoms with van der Waals surface area (Å²) in [6, 6.07) is 5.04. The van der Waals surface area contributed by atoms with Gasteiger partial charge in [-0.2, -0.15) is 0 Å². The number of halogens is 2. The highest BCUT2D eigenvalue weighted by molar-refractivity contribution is 6.36. The molecule has 0 fully saturated rings. The van der Waals surface area contributed by atoms with Crippen molar-refractivity contribution in [3.8, 4) is 0 Å². The highest BCUT2D eigenvalue weighted by Crippen LogP contribution is 2.34. The van der Waals surface area contributed by atoms with Crippen molar-refractivity contribution in [3.63, 3.8) is 0 Å². The average molecular weight is 292 g/mol. The Morgan fingerprint density at radius 3 is 2.44 bits per heavy atom. The van der Waals surface area contributed by atoms with E-state index < -0.39 is 18.1 Å². The lowest BCUT2D eigenvalue weighted by molar-refractivity contribution is 0.0872. The number of nitrogens with two attached hydrogens (primary N) is 1. The lowest BCUT2D eigenvalue weighted by atomic mass is 9.92. The number of hydrogen-bond acceptors (Lipinski definition) is 3. The molecule has 0 radical (unpaired) electrons. The monoisotopic (exact) mass is 291 g/mol. The van der Waals surface area contributed by atoms with E-state index in [1.807, 2.05) is 6.92 Å². The number of amides is 1. The lowest BCUT2D eigenvalue weighted by Crippen LogP contribution is -2.26. The number of aliphatic hydroxyl groups excluding tert-OH is 1. The van der Waals surface area contributed by atoms with E-state index >= 15 is 0 Å². The Morgan fingerprint density at radius 2 is 2.00 bits per heavy atom. The summed E-state index contributed by atoms with van der Waals surface area (Å²) in [6.07, 6.45) is -1.14. The molecule has 4 nitrogen and oxygen atoms in total. The van der Waals surface area contributed by atoms with Crippen molar-refractivity contribution in [1.29, 1.82) is 0 Å². The van der Waals surface area contributed by atoms with Crippen molar-refractivity contribution in [1.82, 2.24) is 0 Å². The largest absolute Gasteiger partial charge is 0.449 e. The molecular formula is C12H15Cl2NO3. The molecule has 0 bridgehead atoms. The van der Waals surface area contributed by atoms with Crippen molar-refractivity contribution in [3.05, 3.63) is 33.8 Å². The standard InChI is InChI=1S/C12H15Cl2NO3/c1-2-10(16)7(6-18-12(15)17)11-8(13)4-3-5-9(11)14/h3-5,7,10,16H,2,6H2,1H3,(H2,15,17)/t7?,10-/m1/s1. The quantitative estimate of drug-likeness (QED) is 0.876. The summed E-state index contributed by atoms with van der Waals surface area (Å²) < 4.78 is 4.75. The molecule has 0 spiro atoms. The minimum Gasteiger partial charge on any atom is -0.449 e. The number of carbonyl (C=O) groups is 1. The van der Waals surface area contributed by atoms with Gasteiger partial charge in [0.05, 0.1) is 6.10 Å². The van der Waals surface area contributed by atoms with Gasteiger partial charge in [-0.25, -0.2) is 4.79 Å². The topological polar surface area (TPSA) is 72.6 Å². The third-order valence-corrected chi connectivity index (χ3v) is 3.32. The van der Waals surface area contributed by atoms with Crippen molar-refractivity contribution < 1.29 is 14.6 Å². The molecular weight excluding hydrogens is 277 g/mol. The van der Waals surface area contributed by atoms with Crippen molar-refractivity contribution in [2.45, 2.75) is 25.4 Å². The summed E-state index contributed by atoms with van der Waals surface area (Å²) in [4.78, 5) is 10.7. The normalized spacial score (nSPS) is 14.0. The van der Waals surface area contributed by atoms with Gasteiger partial charge in [-0.1, -0.05) is 36.2 Å². The Labute approximate surface area is 116 Å². The molecule has 18 heavy (non-hydrogen) atoms. The van der Waals surface area contributed by atoms with Crippen LogP contribution in [0.15, 0.2) is 18.2 Å². The predicted molar refractivity (Wildman–Crippen MR) is 71.0 cm³/mol. The zero-order valence-electron chi connectivity index (χ0n) is 9.90. The molecule has 3 N–H and O–H groups in total. The average Bonchev–Trinajstić information content (AvgIpc) is 2.31. The van der Waals surface area contributed by atoms with E-state index in [1.54, 1.807) is 18.2 Å². The number of aliphatic hydroxyl groups is 1. The Bertz CT molecular complexity index is 406. The smallest absolute Gasteiger partial charge is 0.404 e. The van der Waals surface area contributed by atoms with Gasteiger partial charge >= 0.3 is 6.09 Å². The molecule has 1 aromatic carbocycles. The van der Waals surface area contributed by atoms with Gasteiger partial charge < -0.3 is 15.6 Å². The summed E-state index contributed by atoms with van der Waals surface area (Å²) in [5.41, 5.74) is 5.49. The molecule has 0 aliphatic carbocycles. The van der Waals surface area contributed by atoms with Gasteiger partial charge in [-0.05, 0) is 24.1 Å². The maximum absolute atomic E-state index is 10.7. The molecule has 0 heterocycles. The number of primary amides is 1. The van der Waals surface area contributed by atoms with E-state index in [-0.39, 0.29) is 6.61 Å². The van der Waals surface area contributed by atoms with Gasteiger partial charge in [-0.15, -0.1) is 0 Å². The first-order chi connectivity index (χ1) is 8.47. The Balaban J connectivity index is 3.05. The predicted octanol–water partition coefficient (Wildman–Crippen LogP) is 2.94. The fourth-order valence-corrected chi connectivity index (χ4v) is 2.39. The second-order valence-electron chi connectivity index (χ2n) is 3.85. The molecule has 0 aliphatic rings. The third kappa shape index (κ3) is 3.77. The number of hydrogen-bond donors (Lipinski definition) is 2. The Morgan fingerprint density at radius 1 is 1.44 bits per heavy atom. The maximum Gasteiger partial charge on any atom is 0.404 e. The van der Waals surface area contributed by atoms with Crippen LogP contribution in [0.2, 0.25) is 10.0 Å². The lowest BCUT2D eigenvalue weighted by Gasteiger charge is -2.23. The van der Waals surface area contributed by atoms with Crippen LogP contribution >= 0.6 is 23.2 Å². The molecule has 0 saturated carbocycles. The Hall–Kier alpha value is -0.970. The highest BCUT2D eigenvalue weighted by Gasteiger charge is 2.25. The molecule has 2 atom stereocenters. The van der Waals surface area contributed by atoms with Crippen molar-refractivity contribution in [2.75, 3.05) is 6.61 Å². The zero-order chi connectivity index (χ0) is 13.7. The summed E-state index contributed by atoms with van der Waals surface area (Å²) >= 11 is 12.1. The first kappa shape index (κ1) is 15.1. The fraction of sp³-hybridized carbons (Fsp3) is 0.417. The number of carbonyl (C=O) groups excluding carboxylic acids is 1. The number of benzene rings is 1. The molecule has 0 aromatic heterocycles. The molecule has 100 valence electrons. The number of ether oxygens (including phenoxy) is 1. The summed E-state index contributed by atoms with van der Waals surface area (Å²) in [7, 11) is 0. The molecule has 1 unspecified atom stereocenters. The van der Waals surface area contributed by atoms with Crippen LogP contribution in [0.5, 0.6) is 0 Å². The van der Waals surface area contributed by atoms with Gasteiger partial charge in [0, 0.05) is 16.0 Å². The van der Waals surface area contributed by atoms with Gasteiger partial charge in [0.15, 0.2) is 0 Å². The van der Waals surface area contributed by atoms with Crippen LogP contribution in [0.4, 0.5) is 4.79 Å². The van der Waals surface area contributed by atoms with E-state index in [1.165, 1.54) is 0 Å². The molecule has 6 heteroatoms. The molecule has 0 saturated heterocycles. The van der Waals surface area contributed by atoms with Gasteiger partial charge in [-0.3, -0.25) is 0 Å². The van der Waals surface area contributed by atoms with E-state index in [2.05, 4.69) is 0 Å². The summed E-state index contributed by atoms with van der Waals surface area (Å²) in [5.74, 6) is -0.497. The second kappa shape index (κ2) is 6.83. The molecule has 1 aromatic rings. The first-order valence-electron chi connectivity index (χ1n) is 5.51. The zero-order valence-corrected chi connectivity index (χ0v) is 11.4. The highest BCUT2D eigenvalue weighted by atomic mass is 35.5. The van der Waals surface area contributed by atoms with E-state index in [9.17, 15) is 9.90 Å². The minimum atomic E-state index is -0.897. The minimum absolute atomic E-state index is 0.0617. The summed E-state index contributed by atoms with van der Waals surface area (Å²) in [5, 5.41) is 10.8. The van der Waals surface area contributed by atoms with E-state index in [0.29, 0.717) is 22.0 Å². The SMILES string of the molecule is CC[C@@H](O)C(COC(N)=O)c1c(Cl)cccc1Cl. The van der Waals surface area contributed by atoms with Crippen LogP contribution in [0, 0.1) is 0 Å². The first-order valence-corrected chi connectivity index (χ1v) is 6.27. The molecule has 1 amide bonds. The van der Waals surface area contributed by atoms with Gasteiger partial charge in [0.2, 0.25) is 0 Å². The van der Waals surface area contributed by atoms with Crippen LogP contribution in [-0.4, -0.2) is 23.9 Å².